The van der Waals surface area contributed by atoms with E-state index in [9.17, 15) is 9.90 Å². The third-order valence-corrected chi connectivity index (χ3v) is 2.24. The van der Waals surface area contributed by atoms with Crippen molar-refractivity contribution < 1.29 is 9.90 Å². The van der Waals surface area contributed by atoms with Gasteiger partial charge in [-0.05, 0) is 37.1 Å². The largest absolute Gasteiger partial charge is 0.508 e. The molecular weight excluding hydrogens is 284 g/mol. The minimum atomic E-state index is -0.223. The average molecular weight is 319 g/mol. The fourth-order valence-corrected chi connectivity index (χ4v) is 1.36. The number of aryl methyl sites for hydroxylation is 1. The number of aliphatic hydroxyl groups is 1. The molecule has 2 nitrogen and oxygen atoms in total. The second-order valence-corrected chi connectivity index (χ2v) is 4.37. The van der Waals surface area contributed by atoms with Gasteiger partial charge in [-0.2, -0.15) is 0 Å². The van der Waals surface area contributed by atoms with Crippen LogP contribution in [0.5, 0.6) is 0 Å². The monoisotopic (exact) mass is 318 g/mol. The van der Waals surface area contributed by atoms with E-state index in [2.05, 4.69) is 13.8 Å². The summed E-state index contributed by atoms with van der Waals surface area (Å²) in [6, 6.07) is 7.83. The quantitative estimate of drug-likeness (QED) is 0.382. The molecule has 1 aromatic rings. The van der Waals surface area contributed by atoms with Gasteiger partial charge in [-0.15, -0.1) is 0 Å². The van der Waals surface area contributed by atoms with E-state index in [1.807, 2.05) is 45.0 Å². The molecule has 1 aromatic carbocycles. The van der Waals surface area contributed by atoms with Crippen LogP contribution in [0.25, 0.3) is 6.08 Å². The maximum atomic E-state index is 11.2. The van der Waals surface area contributed by atoms with Crippen molar-refractivity contribution in [2.75, 3.05) is 0 Å². The van der Waals surface area contributed by atoms with Crippen LogP contribution in [0.15, 0.2) is 54.3 Å². The normalized spacial score (nSPS) is 10.3. The number of benzene rings is 1. The summed E-state index contributed by atoms with van der Waals surface area (Å²) in [4.78, 5) is 11.2. The molecule has 23 heavy (non-hydrogen) atoms. The first kappa shape index (κ1) is 25.8. The molecule has 0 aromatic heterocycles. The van der Waals surface area contributed by atoms with Gasteiger partial charge in [0.1, 0.15) is 5.76 Å². The first-order valence-electron chi connectivity index (χ1n) is 7.86. The first-order chi connectivity index (χ1) is 10.5. The van der Waals surface area contributed by atoms with Crippen LogP contribution in [-0.2, 0) is 4.79 Å². The molecule has 0 atom stereocenters. The van der Waals surface area contributed by atoms with E-state index in [1.165, 1.54) is 24.6 Å². The fraction of sp³-hybridized carbons (Fsp3) is 0.381. The molecule has 0 amide bonds. The summed E-state index contributed by atoms with van der Waals surface area (Å²) in [5.74, 6) is -0.268. The predicted molar refractivity (Wildman–Crippen MR) is 105 cm³/mol. The SMILES string of the molecule is C.C/C=C/C(=O)/C=C(O)/C=C/c1ccccc1C.CC.CCC. The lowest BCUT2D eigenvalue weighted by molar-refractivity contribution is -0.110. The summed E-state index contributed by atoms with van der Waals surface area (Å²) in [6.07, 6.45) is 8.78. The number of hydrogen-bond donors (Lipinski definition) is 1. The molecular formula is C21H34O2. The van der Waals surface area contributed by atoms with Gasteiger partial charge in [0.05, 0.1) is 0 Å². The fourth-order valence-electron chi connectivity index (χ4n) is 1.36. The van der Waals surface area contributed by atoms with E-state index in [-0.39, 0.29) is 19.0 Å². The molecule has 0 spiro atoms. The average Bonchev–Trinajstić information content (AvgIpc) is 2.49. The Morgan fingerprint density at radius 3 is 2.13 bits per heavy atom. The van der Waals surface area contributed by atoms with E-state index >= 15 is 0 Å². The first-order valence-corrected chi connectivity index (χ1v) is 7.86. The van der Waals surface area contributed by atoms with Crippen molar-refractivity contribution in [2.24, 2.45) is 0 Å². The second-order valence-electron chi connectivity index (χ2n) is 4.37. The van der Waals surface area contributed by atoms with Gasteiger partial charge in [0.25, 0.3) is 0 Å². The molecule has 0 saturated heterocycles. The highest BCUT2D eigenvalue weighted by atomic mass is 16.3. The molecule has 2 heteroatoms. The van der Waals surface area contributed by atoms with Gasteiger partial charge in [-0.3, -0.25) is 4.79 Å². The highest BCUT2D eigenvalue weighted by molar-refractivity contribution is 5.99. The van der Waals surface area contributed by atoms with Crippen LogP contribution in [0.3, 0.4) is 0 Å². The Balaban J connectivity index is -0.000000596. The highest BCUT2D eigenvalue weighted by Gasteiger charge is 1.94. The molecule has 0 aliphatic heterocycles. The number of allylic oxidation sites excluding steroid dienone is 4. The summed E-state index contributed by atoms with van der Waals surface area (Å²) >= 11 is 0. The van der Waals surface area contributed by atoms with Crippen molar-refractivity contribution in [3.63, 3.8) is 0 Å². The predicted octanol–water partition coefficient (Wildman–Crippen LogP) is 6.67. The Morgan fingerprint density at radius 2 is 1.65 bits per heavy atom. The van der Waals surface area contributed by atoms with Gasteiger partial charge in [0, 0.05) is 6.08 Å². The summed E-state index contributed by atoms with van der Waals surface area (Å²) in [7, 11) is 0. The highest BCUT2D eigenvalue weighted by Crippen LogP contribution is 2.09. The van der Waals surface area contributed by atoms with E-state index in [4.69, 9.17) is 0 Å². The molecule has 0 radical (unpaired) electrons. The minimum absolute atomic E-state index is 0. The Kier molecular flexibility index (Phi) is 20.2. The van der Waals surface area contributed by atoms with Gasteiger partial charge in [0.2, 0.25) is 0 Å². The molecule has 1 rings (SSSR count). The zero-order valence-electron chi connectivity index (χ0n) is 14.8. The summed E-state index contributed by atoms with van der Waals surface area (Å²) < 4.78 is 0. The van der Waals surface area contributed by atoms with Crippen LogP contribution in [-0.4, -0.2) is 10.9 Å². The number of ketones is 1. The van der Waals surface area contributed by atoms with E-state index in [0.717, 1.165) is 11.1 Å². The number of rotatable bonds is 4. The molecule has 0 saturated carbocycles. The topological polar surface area (TPSA) is 37.3 Å². The molecule has 0 fully saturated rings. The van der Waals surface area contributed by atoms with Gasteiger partial charge in [-0.1, -0.05) is 78.0 Å². The summed E-state index contributed by atoms with van der Waals surface area (Å²) in [5.41, 5.74) is 2.14. The second kappa shape index (κ2) is 18.0. The van der Waals surface area contributed by atoms with Crippen molar-refractivity contribution in [1.29, 1.82) is 0 Å². The van der Waals surface area contributed by atoms with Crippen LogP contribution in [0, 0.1) is 6.92 Å². The van der Waals surface area contributed by atoms with Crippen molar-refractivity contribution in [3.05, 3.63) is 65.5 Å². The number of aliphatic hydroxyl groups excluding tert-OH is 1. The number of carbonyl (C=O) groups is 1. The van der Waals surface area contributed by atoms with Crippen molar-refractivity contribution in [2.45, 2.75) is 55.4 Å². The molecule has 1 N–H and O–H groups in total. The minimum Gasteiger partial charge on any atom is -0.508 e. The summed E-state index contributed by atoms with van der Waals surface area (Å²) in [5, 5.41) is 9.52. The third-order valence-electron chi connectivity index (χ3n) is 2.24. The zero-order valence-corrected chi connectivity index (χ0v) is 14.8. The van der Waals surface area contributed by atoms with Crippen LogP contribution in [0.2, 0.25) is 0 Å². The number of hydrogen-bond acceptors (Lipinski definition) is 2. The van der Waals surface area contributed by atoms with Gasteiger partial charge >= 0.3 is 0 Å². The molecule has 0 heterocycles. The van der Waals surface area contributed by atoms with E-state index in [1.54, 1.807) is 19.1 Å². The number of carbonyl (C=O) groups excluding carboxylic acids is 1. The van der Waals surface area contributed by atoms with Crippen LogP contribution in [0.1, 0.15) is 59.6 Å². The summed E-state index contributed by atoms with van der Waals surface area (Å²) in [6.45, 7) is 12.0. The molecule has 0 unspecified atom stereocenters. The standard InChI is InChI=1S/C15H16O2.C3H8.C2H6.CH4/c1-3-6-14(16)11-15(17)10-9-13-8-5-4-7-12(13)2;1-3-2;1-2;/h3-11,17H,1-2H3;3H2,1-2H3;1-2H3;1H4/b6-3+,10-9+,15-11-;;;. The van der Waals surface area contributed by atoms with Crippen molar-refractivity contribution in [3.8, 4) is 0 Å². The zero-order chi connectivity index (χ0) is 17.4. The third kappa shape index (κ3) is 14.6. The molecule has 0 aliphatic rings. The van der Waals surface area contributed by atoms with Crippen LogP contribution < -0.4 is 0 Å². The van der Waals surface area contributed by atoms with Gasteiger partial charge in [0.15, 0.2) is 5.78 Å². The Bertz CT molecular complexity index is 494. The van der Waals surface area contributed by atoms with Crippen LogP contribution in [0.4, 0.5) is 0 Å². The Hall–Kier alpha value is -2.09. The molecule has 130 valence electrons. The van der Waals surface area contributed by atoms with E-state index in [0.29, 0.717) is 0 Å². The van der Waals surface area contributed by atoms with Gasteiger partial charge in [-0.25, -0.2) is 0 Å². The van der Waals surface area contributed by atoms with Gasteiger partial charge < -0.3 is 5.11 Å². The van der Waals surface area contributed by atoms with Crippen molar-refractivity contribution >= 4 is 11.9 Å². The van der Waals surface area contributed by atoms with Crippen molar-refractivity contribution in [1.82, 2.24) is 0 Å². The smallest absolute Gasteiger partial charge is 0.181 e. The van der Waals surface area contributed by atoms with Crippen LogP contribution >= 0.6 is 0 Å². The maximum absolute atomic E-state index is 11.2. The van der Waals surface area contributed by atoms with E-state index < -0.39 is 0 Å². The molecule has 0 aliphatic carbocycles. The molecule has 0 bridgehead atoms. The lowest BCUT2D eigenvalue weighted by Crippen LogP contribution is -1.88. The Morgan fingerprint density at radius 1 is 1.13 bits per heavy atom. The Labute approximate surface area is 143 Å². The lowest BCUT2D eigenvalue weighted by atomic mass is 10.1. The maximum Gasteiger partial charge on any atom is 0.181 e. The lowest BCUT2D eigenvalue weighted by Gasteiger charge is -1.98.